The van der Waals surface area contributed by atoms with Crippen LogP contribution in [0.3, 0.4) is 0 Å². The van der Waals surface area contributed by atoms with E-state index in [9.17, 15) is 14.7 Å². The minimum absolute atomic E-state index is 0.00320. The molecule has 2 heterocycles. The Hall–Kier alpha value is -2.30. The van der Waals surface area contributed by atoms with Crippen LogP contribution in [0.15, 0.2) is 24.3 Å². The molecule has 5 heteroatoms. The molecule has 2 aromatic rings. The summed E-state index contributed by atoms with van der Waals surface area (Å²) in [5.74, 6) is -1.26. The third kappa shape index (κ3) is 2.47. The van der Waals surface area contributed by atoms with Gasteiger partial charge in [-0.05, 0) is 24.5 Å². The van der Waals surface area contributed by atoms with E-state index in [0.29, 0.717) is 19.5 Å². The minimum atomic E-state index is -0.814. The van der Waals surface area contributed by atoms with Gasteiger partial charge in [0.15, 0.2) is 0 Å². The number of hydrogen-bond donors (Lipinski definition) is 2. The van der Waals surface area contributed by atoms with Crippen LogP contribution < -0.4 is 0 Å². The van der Waals surface area contributed by atoms with Crippen molar-refractivity contribution in [3.05, 3.63) is 35.5 Å². The highest BCUT2D eigenvalue weighted by Crippen LogP contribution is 2.26. The predicted octanol–water partition coefficient (Wildman–Crippen LogP) is 2.20. The van der Waals surface area contributed by atoms with Crippen LogP contribution in [-0.2, 0) is 16.0 Å². The van der Waals surface area contributed by atoms with Crippen LogP contribution in [0.1, 0.15) is 18.2 Å². The fraction of sp³-hybridized carbons (Fsp3) is 0.412. The van der Waals surface area contributed by atoms with E-state index in [2.05, 4.69) is 4.98 Å². The van der Waals surface area contributed by atoms with E-state index in [1.807, 2.05) is 38.1 Å². The Morgan fingerprint density at radius 3 is 2.73 bits per heavy atom. The van der Waals surface area contributed by atoms with Crippen molar-refractivity contribution in [2.24, 2.45) is 11.8 Å². The van der Waals surface area contributed by atoms with Crippen molar-refractivity contribution in [3.63, 3.8) is 0 Å². The first-order valence-electron chi connectivity index (χ1n) is 7.54. The Kier molecular flexibility index (Phi) is 3.64. The van der Waals surface area contributed by atoms with Crippen molar-refractivity contribution in [2.45, 2.75) is 20.3 Å². The second kappa shape index (κ2) is 5.48. The highest BCUT2D eigenvalue weighted by atomic mass is 16.4. The molecule has 0 radical (unpaired) electrons. The Balaban J connectivity index is 1.80. The van der Waals surface area contributed by atoms with Gasteiger partial charge < -0.3 is 15.0 Å². The summed E-state index contributed by atoms with van der Waals surface area (Å²) in [6, 6.07) is 7.92. The Labute approximate surface area is 128 Å². The lowest BCUT2D eigenvalue weighted by atomic mass is 9.99. The molecular weight excluding hydrogens is 280 g/mol. The number of amides is 1. The number of rotatable bonds is 3. The molecule has 3 rings (SSSR count). The number of benzene rings is 1. The first-order valence-corrected chi connectivity index (χ1v) is 7.54. The SMILES string of the molecule is Cc1[nH]c2ccccc2c1CC(=O)N1C[C@@H](C)[C@H](C(=O)O)C1. The Bertz CT molecular complexity index is 735. The molecule has 1 aliphatic rings. The maximum absolute atomic E-state index is 12.5. The number of likely N-dealkylation sites (tertiary alicyclic amines) is 1. The van der Waals surface area contributed by atoms with E-state index >= 15 is 0 Å². The van der Waals surface area contributed by atoms with E-state index in [1.54, 1.807) is 4.90 Å². The zero-order valence-corrected chi connectivity index (χ0v) is 12.8. The summed E-state index contributed by atoms with van der Waals surface area (Å²) in [5.41, 5.74) is 3.03. The van der Waals surface area contributed by atoms with E-state index in [0.717, 1.165) is 22.2 Å². The minimum Gasteiger partial charge on any atom is -0.481 e. The van der Waals surface area contributed by atoms with Crippen LogP contribution in [0.25, 0.3) is 10.9 Å². The van der Waals surface area contributed by atoms with Crippen molar-refractivity contribution in [2.75, 3.05) is 13.1 Å². The lowest BCUT2D eigenvalue weighted by molar-refractivity contribution is -0.142. The normalized spacial score (nSPS) is 21.5. The molecule has 1 saturated heterocycles. The molecule has 1 aromatic carbocycles. The molecule has 1 aromatic heterocycles. The molecule has 1 amide bonds. The van der Waals surface area contributed by atoms with Crippen molar-refractivity contribution in [1.82, 2.24) is 9.88 Å². The number of para-hydroxylation sites is 1. The highest BCUT2D eigenvalue weighted by molar-refractivity contribution is 5.90. The lowest BCUT2D eigenvalue weighted by Gasteiger charge is -2.16. The molecule has 22 heavy (non-hydrogen) atoms. The van der Waals surface area contributed by atoms with Crippen LogP contribution >= 0.6 is 0 Å². The van der Waals surface area contributed by atoms with Crippen LogP contribution in [0.4, 0.5) is 0 Å². The highest BCUT2D eigenvalue weighted by Gasteiger charge is 2.36. The number of H-pyrrole nitrogens is 1. The van der Waals surface area contributed by atoms with Gasteiger partial charge >= 0.3 is 5.97 Å². The van der Waals surface area contributed by atoms with Gasteiger partial charge in [-0.2, -0.15) is 0 Å². The molecule has 2 atom stereocenters. The summed E-state index contributed by atoms with van der Waals surface area (Å²) >= 11 is 0. The maximum atomic E-state index is 12.5. The number of nitrogens with one attached hydrogen (secondary N) is 1. The summed E-state index contributed by atoms with van der Waals surface area (Å²) in [6.07, 6.45) is 0.314. The number of hydrogen-bond acceptors (Lipinski definition) is 2. The average molecular weight is 300 g/mol. The largest absolute Gasteiger partial charge is 0.481 e. The molecule has 5 nitrogen and oxygen atoms in total. The standard InChI is InChI=1S/C17H20N2O3/c1-10-8-19(9-14(10)17(21)22)16(20)7-13-11(2)18-15-6-4-3-5-12(13)15/h3-6,10,14,18H,7-9H2,1-2H3,(H,21,22)/t10-,14-/m1/s1. The molecule has 1 fully saturated rings. The van der Waals surface area contributed by atoms with Gasteiger partial charge in [-0.25, -0.2) is 0 Å². The van der Waals surface area contributed by atoms with Gasteiger partial charge in [0, 0.05) is 29.7 Å². The average Bonchev–Trinajstić information content (AvgIpc) is 3.00. The second-order valence-electron chi connectivity index (χ2n) is 6.17. The topological polar surface area (TPSA) is 73.4 Å². The molecule has 0 saturated carbocycles. The summed E-state index contributed by atoms with van der Waals surface area (Å²) in [5, 5.41) is 10.2. The number of aryl methyl sites for hydroxylation is 1. The Morgan fingerprint density at radius 1 is 1.32 bits per heavy atom. The zero-order chi connectivity index (χ0) is 15.9. The number of aromatic amines is 1. The van der Waals surface area contributed by atoms with Crippen LogP contribution in [0.2, 0.25) is 0 Å². The van der Waals surface area contributed by atoms with E-state index in [1.165, 1.54) is 0 Å². The van der Waals surface area contributed by atoms with Crippen molar-refractivity contribution < 1.29 is 14.7 Å². The predicted molar refractivity (Wildman–Crippen MR) is 83.6 cm³/mol. The van der Waals surface area contributed by atoms with Gasteiger partial charge in [-0.3, -0.25) is 9.59 Å². The number of fused-ring (bicyclic) bond motifs is 1. The van der Waals surface area contributed by atoms with Crippen LogP contribution in [-0.4, -0.2) is 40.0 Å². The number of carboxylic acid groups (broad SMARTS) is 1. The number of carboxylic acids is 1. The first-order chi connectivity index (χ1) is 10.5. The van der Waals surface area contributed by atoms with Gasteiger partial charge in [-0.1, -0.05) is 25.1 Å². The van der Waals surface area contributed by atoms with Crippen molar-refractivity contribution in [3.8, 4) is 0 Å². The van der Waals surface area contributed by atoms with Crippen molar-refractivity contribution >= 4 is 22.8 Å². The molecule has 0 aliphatic carbocycles. The monoisotopic (exact) mass is 300 g/mol. The van der Waals surface area contributed by atoms with E-state index in [-0.39, 0.29) is 11.8 Å². The van der Waals surface area contributed by atoms with Crippen LogP contribution in [0.5, 0.6) is 0 Å². The summed E-state index contributed by atoms with van der Waals surface area (Å²) in [6.45, 7) is 4.70. The van der Waals surface area contributed by atoms with Gasteiger partial charge in [0.1, 0.15) is 0 Å². The summed E-state index contributed by atoms with van der Waals surface area (Å²) < 4.78 is 0. The quantitative estimate of drug-likeness (QED) is 0.912. The Morgan fingerprint density at radius 2 is 2.05 bits per heavy atom. The molecular formula is C17H20N2O3. The number of aromatic nitrogens is 1. The third-order valence-electron chi connectivity index (χ3n) is 4.64. The fourth-order valence-corrected chi connectivity index (χ4v) is 3.32. The molecule has 0 spiro atoms. The fourth-order valence-electron chi connectivity index (χ4n) is 3.32. The molecule has 116 valence electrons. The first kappa shape index (κ1) is 14.6. The van der Waals surface area contributed by atoms with Gasteiger partial charge in [0.05, 0.1) is 12.3 Å². The van der Waals surface area contributed by atoms with Gasteiger partial charge in [0.25, 0.3) is 0 Å². The second-order valence-corrected chi connectivity index (χ2v) is 6.17. The summed E-state index contributed by atoms with van der Waals surface area (Å²) in [7, 11) is 0. The number of carbonyl (C=O) groups excluding carboxylic acids is 1. The molecule has 2 N–H and O–H groups in total. The third-order valence-corrected chi connectivity index (χ3v) is 4.64. The van der Waals surface area contributed by atoms with Crippen molar-refractivity contribution in [1.29, 1.82) is 0 Å². The number of nitrogens with zero attached hydrogens (tertiary/aromatic N) is 1. The molecule has 1 aliphatic heterocycles. The number of aliphatic carboxylic acids is 1. The lowest BCUT2D eigenvalue weighted by Crippen LogP contribution is -2.31. The van der Waals surface area contributed by atoms with E-state index in [4.69, 9.17) is 0 Å². The van der Waals surface area contributed by atoms with Gasteiger partial charge in [-0.15, -0.1) is 0 Å². The smallest absolute Gasteiger partial charge is 0.308 e. The summed E-state index contributed by atoms with van der Waals surface area (Å²) in [4.78, 5) is 28.7. The molecule has 0 unspecified atom stereocenters. The molecule has 0 bridgehead atoms. The maximum Gasteiger partial charge on any atom is 0.308 e. The van der Waals surface area contributed by atoms with E-state index < -0.39 is 11.9 Å². The van der Waals surface area contributed by atoms with Crippen LogP contribution in [0, 0.1) is 18.8 Å². The zero-order valence-electron chi connectivity index (χ0n) is 12.8. The van der Waals surface area contributed by atoms with Gasteiger partial charge in [0.2, 0.25) is 5.91 Å². The number of carbonyl (C=O) groups is 2.